The summed E-state index contributed by atoms with van der Waals surface area (Å²) in [6.07, 6.45) is 2.08. The number of aromatic nitrogens is 1. The quantitative estimate of drug-likeness (QED) is 0.760. The van der Waals surface area contributed by atoms with Crippen LogP contribution >= 0.6 is 23.1 Å². The van der Waals surface area contributed by atoms with Gasteiger partial charge in [-0.1, -0.05) is 11.3 Å². The van der Waals surface area contributed by atoms with E-state index in [4.69, 9.17) is 5.73 Å². The molecule has 0 saturated carbocycles. The van der Waals surface area contributed by atoms with Crippen molar-refractivity contribution in [2.24, 2.45) is 0 Å². The standard InChI is InChI=1S/C13H21N5OS2/c14-11-10(12(19)16-9-1-7-20-8-2-9)21-13(17-11)18-5-3-15-4-6-18/h9,15H,1-8,14H2,(H,16,19). The molecular weight excluding hydrogens is 306 g/mol. The van der Waals surface area contributed by atoms with Crippen LogP contribution in [0.2, 0.25) is 0 Å². The zero-order chi connectivity index (χ0) is 14.7. The molecule has 3 rings (SSSR count). The maximum atomic E-state index is 12.4. The van der Waals surface area contributed by atoms with E-state index >= 15 is 0 Å². The Morgan fingerprint density at radius 3 is 2.76 bits per heavy atom. The fourth-order valence-corrected chi connectivity index (χ4v) is 4.61. The van der Waals surface area contributed by atoms with E-state index in [1.165, 1.54) is 11.3 Å². The Morgan fingerprint density at radius 1 is 1.33 bits per heavy atom. The van der Waals surface area contributed by atoms with E-state index in [1.54, 1.807) is 0 Å². The molecule has 2 aliphatic rings. The van der Waals surface area contributed by atoms with Crippen molar-refractivity contribution in [3.05, 3.63) is 4.88 Å². The van der Waals surface area contributed by atoms with Gasteiger partial charge >= 0.3 is 0 Å². The molecule has 1 aromatic rings. The van der Waals surface area contributed by atoms with Crippen molar-refractivity contribution >= 4 is 40.0 Å². The van der Waals surface area contributed by atoms with Crippen molar-refractivity contribution in [2.45, 2.75) is 18.9 Å². The third-order valence-electron chi connectivity index (χ3n) is 3.79. The van der Waals surface area contributed by atoms with E-state index in [0.717, 1.165) is 55.7 Å². The molecule has 4 N–H and O–H groups in total. The molecule has 6 nitrogen and oxygen atoms in total. The minimum atomic E-state index is -0.0664. The number of anilines is 2. The number of thioether (sulfide) groups is 1. The van der Waals surface area contributed by atoms with Gasteiger partial charge in [-0.05, 0) is 24.3 Å². The fraction of sp³-hybridized carbons (Fsp3) is 0.692. The van der Waals surface area contributed by atoms with E-state index in [1.807, 2.05) is 11.8 Å². The highest BCUT2D eigenvalue weighted by Crippen LogP contribution is 2.28. The van der Waals surface area contributed by atoms with E-state index < -0.39 is 0 Å². The van der Waals surface area contributed by atoms with Crippen LogP contribution in [0.25, 0.3) is 0 Å². The van der Waals surface area contributed by atoms with Crippen LogP contribution in [-0.2, 0) is 0 Å². The summed E-state index contributed by atoms with van der Waals surface area (Å²) in [5, 5.41) is 7.26. The van der Waals surface area contributed by atoms with Crippen molar-refractivity contribution in [1.82, 2.24) is 15.6 Å². The van der Waals surface area contributed by atoms with Gasteiger partial charge in [-0.2, -0.15) is 11.8 Å². The van der Waals surface area contributed by atoms with Gasteiger partial charge in [0.2, 0.25) is 0 Å². The van der Waals surface area contributed by atoms with Crippen LogP contribution in [0.1, 0.15) is 22.5 Å². The van der Waals surface area contributed by atoms with Crippen molar-refractivity contribution < 1.29 is 4.79 Å². The molecule has 0 atom stereocenters. The second kappa shape index (κ2) is 6.85. The summed E-state index contributed by atoms with van der Waals surface area (Å²) in [5.74, 6) is 2.53. The van der Waals surface area contributed by atoms with Gasteiger partial charge in [-0.25, -0.2) is 4.98 Å². The summed E-state index contributed by atoms with van der Waals surface area (Å²) in [5.41, 5.74) is 5.95. The number of thiazole rings is 1. The number of amides is 1. The Hall–Kier alpha value is -0.990. The van der Waals surface area contributed by atoms with Gasteiger partial charge in [0.15, 0.2) is 5.13 Å². The molecule has 0 spiro atoms. The Morgan fingerprint density at radius 2 is 2.05 bits per heavy atom. The Kier molecular flexibility index (Phi) is 4.87. The molecule has 8 heteroatoms. The summed E-state index contributed by atoms with van der Waals surface area (Å²) in [6.45, 7) is 3.71. The lowest BCUT2D eigenvalue weighted by molar-refractivity contribution is 0.0939. The number of hydrogen-bond acceptors (Lipinski definition) is 7. The number of nitrogens with one attached hydrogen (secondary N) is 2. The van der Waals surface area contributed by atoms with E-state index in [2.05, 4.69) is 20.5 Å². The number of piperazine rings is 1. The third-order valence-corrected chi connectivity index (χ3v) is 5.97. The maximum absolute atomic E-state index is 12.4. The predicted molar refractivity (Wildman–Crippen MR) is 89.4 cm³/mol. The third kappa shape index (κ3) is 3.61. The molecule has 0 unspecified atom stereocenters. The first-order chi connectivity index (χ1) is 10.2. The minimum absolute atomic E-state index is 0.0664. The molecular formula is C13H21N5OS2. The first-order valence-corrected chi connectivity index (χ1v) is 9.32. The van der Waals surface area contributed by atoms with Gasteiger partial charge in [0, 0.05) is 32.2 Å². The topological polar surface area (TPSA) is 83.3 Å². The van der Waals surface area contributed by atoms with Crippen LogP contribution in [0.4, 0.5) is 10.9 Å². The van der Waals surface area contributed by atoms with E-state index in [-0.39, 0.29) is 11.9 Å². The minimum Gasteiger partial charge on any atom is -0.382 e. The van der Waals surface area contributed by atoms with Crippen molar-refractivity contribution in [2.75, 3.05) is 48.3 Å². The summed E-state index contributed by atoms with van der Waals surface area (Å²) in [4.78, 5) is 19.5. The highest BCUT2D eigenvalue weighted by atomic mass is 32.2. The van der Waals surface area contributed by atoms with Crippen LogP contribution < -0.4 is 21.3 Å². The lowest BCUT2D eigenvalue weighted by Gasteiger charge is -2.26. The molecule has 0 bridgehead atoms. The van der Waals surface area contributed by atoms with Crippen molar-refractivity contribution in [1.29, 1.82) is 0 Å². The normalized spacial score (nSPS) is 20.5. The first-order valence-electron chi connectivity index (χ1n) is 7.34. The monoisotopic (exact) mass is 327 g/mol. The fourth-order valence-electron chi connectivity index (χ4n) is 2.57. The Labute approximate surface area is 132 Å². The summed E-state index contributed by atoms with van der Waals surface area (Å²) in [7, 11) is 0. The lowest BCUT2D eigenvalue weighted by atomic mass is 10.1. The Bertz CT molecular complexity index is 495. The molecule has 0 radical (unpaired) electrons. The zero-order valence-electron chi connectivity index (χ0n) is 11.9. The van der Waals surface area contributed by atoms with Crippen LogP contribution in [0, 0.1) is 0 Å². The summed E-state index contributed by atoms with van der Waals surface area (Å²) >= 11 is 3.36. The number of carbonyl (C=O) groups is 1. The van der Waals surface area contributed by atoms with Gasteiger partial charge in [-0.15, -0.1) is 0 Å². The maximum Gasteiger partial charge on any atom is 0.265 e. The smallest absolute Gasteiger partial charge is 0.265 e. The predicted octanol–water partition coefficient (Wildman–Crippen LogP) is 0.760. The molecule has 1 aromatic heterocycles. The highest BCUT2D eigenvalue weighted by molar-refractivity contribution is 7.99. The molecule has 0 aromatic carbocycles. The van der Waals surface area contributed by atoms with Gasteiger partial charge in [0.1, 0.15) is 10.7 Å². The number of nitrogen functional groups attached to an aromatic ring is 1. The van der Waals surface area contributed by atoms with Crippen molar-refractivity contribution in [3.8, 4) is 0 Å². The van der Waals surface area contributed by atoms with E-state index in [9.17, 15) is 4.79 Å². The first kappa shape index (κ1) is 14.9. The molecule has 2 saturated heterocycles. The molecule has 1 amide bonds. The lowest BCUT2D eigenvalue weighted by Crippen LogP contribution is -2.43. The van der Waals surface area contributed by atoms with Gasteiger partial charge < -0.3 is 21.3 Å². The molecule has 2 fully saturated rings. The number of carbonyl (C=O) groups excluding carboxylic acids is 1. The molecule has 0 aliphatic carbocycles. The molecule has 2 aliphatic heterocycles. The molecule has 21 heavy (non-hydrogen) atoms. The number of rotatable bonds is 3. The SMILES string of the molecule is Nc1nc(N2CCNCC2)sc1C(=O)NC1CCSCC1. The number of nitrogens with two attached hydrogens (primary N) is 1. The van der Waals surface area contributed by atoms with Crippen molar-refractivity contribution in [3.63, 3.8) is 0 Å². The van der Waals surface area contributed by atoms with Crippen LogP contribution in [0.15, 0.2) is 0 Å². The van der Waals surface area contributed by atoms with Gasteiger partial charge in [-0.3, -0.25) is 4.79 Å². The van der Waals surface area contributed by atoms with Crippen LogP contribution in [0.3, 0.4) is 0 Å². The largest absolute Gasteiger partial charge is 0.382 e. The second-order valence-electron chi connectivity index (χ2n) is 5.31. The number of hydrogen-bond donors (Lipinski definition) is 3. The molecule has 3 heterocycles. The van der Waals surface area contributed by atoms with Gasteiger partial charge in [0.25, 0.3) is 5.91 Å². The Balaban J connectivity index is 1.66. The zero-order valence-corrected chi connectivity index (χ0v) is 13.6. The molecule has 116 valence electrons. The van der Waals surface area contributed by atoms with Crippen LogP contribution in [0.5, 0.6) is 0 Å². The van der Waals surface area contributed by atoms with E-state index in [0.29, 0.717) is 10.7 Å². The summed E-state index contributed by atoms with van der Waals surface area (Å²) < 4.78 is 0. The van der Waals surface area contributed by atoms with Crippen LogP contribution in [-0.4, -0.2) is 54.6 Å². The average Bonchev–Trinajstić information content (AvgIpc) is 2.91. The highest BCUT2D eigenvalue weighted by Gasteiger charge is 2.23. The second-order valence-corrected chi connectivity index (χ2v) is 7.51. The number of nitrogens with zero attached hydrogens (tertiary/aromatic N) is 2. The summed E-state index contributed by atoms with van der Waals surface area (Å²) in [6, 6.07) is 0.280. The van der Waals surface area contributed by atoms with Gasteiger partial charge in [0.05, 0.1) is 0 Å². The average molecular weight is 327 g/mol.